The first-order valence-corrected chi connectivity index (χ1v) is 9.58. The topological polar surface area (TPSA) is 70.7 Å². The number of carbonyl (C=O) groups excluding carboxylic acids is 1. The number of aromatic nitrogens is 1. The smallest absolute Gasteiger partial charge is 0.408 e. The lowest BCUT2D eigenvalue weighted by Crippen LogP contribution is -2.46. The van der Waals surface area contributed by atoms with Gasteiger partial charge in [-0.25, -0.2) is 4.79 Å². The lowest BCUT2D eigenvalue weighted by molar-refractivity contribution is 0.0736. The predicted octanol–water partition coefficient (Wildman–Crippen LogP) is 1.13. The van der Waals surface area contributed by atoms with Gasteiger partial charge in [0.05, 0.1) is 5.52 Å². The molecule has 4 rings (SSSR count). The van der Waals surface area contributed by atoms with Crippen molar-refractivity contribution in [1.29, 1.82) is 0 Å². The molecule has 7 nitrogen and oxygen atoms in total. The zero-order valence-electron chi connectivity index (χ0n) is 15.1. The van der Waals surface area contributed by atoms with E-state index in [9.17, 15) is 9.59 Å². The lowest BCUT2D eigenvalue weighted by atomic mass is 10.1. The second-order valence-corrected chi connectivity index (χ2v) is 7.15. The van der Waals surface area contributed by atoms with Crippen molar-refractivity contribution >= 4 is 17.0 Å². The molecule has 2 saturated heterocycles. The number of benzene rings is 1. The largest absolute Gasteiger partial charge is 0.419 e. The maximum Gasteiger partial charge on any atom is 0.419 e. The first kappa shape index (κ1) is 17.3. The number of carbonyl (C=O) groups is 1. The van der Waals surface area contributed by atoms with Crippen molar-refractivity contribution in [3.05, 3.63) is 34.3 Å². The summed E-state index contributed by atoms with van der Waals surface area (Å²) >= 11 is 0. The SMILES string of the molecule is O=C(c1ccc2c(c1)oc(=O)n2CCN1CCCCC1)N1CCNCC1. The fourth-order valence-electron chi connectivity index (χ4n) is 3.89. The second-order valence-electron chi connectivity index (χ2n) is 7.15. The van der Waals surface area contributed by atoms with Crippen molar-refractivity contribution in [2.75, 3.05) is 45.8 Å². The van der Waals surface area contributed by atoms with Crippen molar-refractivity contribution in [2.45, 2.75) is 25.8 Å². The van der Waals surface area contributed by atoms with Gasteiger partial charge in [0.2, 0.25) is 0 Å². The van der Waals surface area contributed by atoms with E-state index in [0.717, 1.165) is 38.2 Å². The third kappa shape index (κ3) is 3.54. The van der Waals surface area contributed by atoms with Crippen LogP contribution in [0.2, 0.25) is 0 Å². The molecule has 2 fully saturated rings. The normalized spacial score (nSPS) is 19.2. The monoisotopic (exact) mass is 358 g/mol. The molecule has 0 saturated carbocycles. The van der Waals surface area contributed by atoms with E-state index in [2.05, 4.69) is 10.2 Å². The summed E-state index contributed by atoms with van der Waals surface area (Å²) in [6.45, 7) is 6.73. The Kier molecular flexibility index (Phi) is 5.08. The Morgan fingerprint density at radius 1 is 1.04 bits per heavy atom. The van der Waals surface area contributed by atoms with Crippen molar-refractivity contribution in [3.63, 3.8) is 0 Å². The van der Waals surface area contributed by atoms with Crippen LogP contribution in [0.25, 0.3) is 11.1 Å². The number of hydrogen-bond donors (Lipinski definition) is 1. The van der Waals surface area contributed by atoms with Gasteiger partial charge in [0.25, 0.3) is 5.91 Å². The molecular weight excluding hydrogens is 332 g/mol. The Bertz CT molecular complexity index is 829. The van der Waals surface area contributed by atoms with Crippen LogP contribution in [-0.2, 0) is 6.54 Å². The zero-order chi connectivity index (χ0) is 17.9. The Labute approximate surface area is 152 Å². The molecule has 26 heavy (non-hydrogen) atoms. The van der Waals surface area contributed by atoms with Crippen LogP contribution in [0.3, 0.4) is 0 Å². The first-order chi connectivity index (χ1) is 12.7. The summed E-state index contributed by atoms with van der Waals surface area (Å²) in [5.41, 5.74) is 1.84. The van der Waals surface area contributed by atoms with Crippen molar-refractivity contribution in [3.8, 4) is 0 Å². The van der Waals surface area contributed by atoms with E-state index in [1.807, 2.05) is 11.0 Å². The average Bonchev–Trinajstić information content (AvgIpc) is 3.01. The molecule has 3 heterocycles. The molecule has 0 bridgehead atoms. The average molecular weight is 358 g/mol. The minimum absolute atomic E-state index is 0.00267. The molecule has 2 aromatic rings. The first-order valence-electron chi connectivity index (χ1n) is 9.58. The van der Waals surface area contributed by atoms with Gasteiger partial charge in [-0.05, 0) is 44.1 Å². The van der Waals surface area contributed by atoms with Gasteiger partial charge < -0.3 is 19.5 Å². The molecule has 1 N–H and O–H groups in total. The van der Waals surface area contributed by atoms with Crippen molar-refractivity contribution in [1.82, 2.24) is 19.7 Å². The van der Waals surface area contributed by atoms with E-state index >= 15 is 0 Å². The highest BCUT2D eigenvalue weighted by Gasteiger charge is 2.20. The van der Waals surface area contributed by atoms with Crippen LogP contribution >= 0.6 is 0 Å². The van der Waals surface area contributed by atoms with Crippen LogP contribution in [0.1, 0.15) is 29.6 Å². The number of fused-ring (bicyclic) bond motifs is 1. The highest BCUT2D eigenvalue weighted by molar-refractivity contribution is 5.97. The van der Waals surface area contributed by atoms with Gasteiger partial charge in [-0.3, -0.25) is 9.36 Å². The predicted molar refractivity (Wildman–Crippen MR) is 99.5 cm³/mol. The molecule has 0 radical (unpaired) electrons. The summed E-state index contributed by atoms with van der Waals surface area (Å²) in [6.07, 6.45) is 3.77. The minimum atomic E-state index is -0.344. The molecule has 0 spiro atoms. The molecule has 0 unspecified atom stereocenters. The van der Waals surface area contributed by atoms with Gasteiger partial charge in [-0.2, -0.15) is 0 Å². The van der Waals surface area contributed by atoms with Gasteiger partial charge in [0, 0.05) is 44.8 Å². The number of nitrogens with one attached hydrogen (secondary N) is 1. The molecule has 1 aromatic carbocycles. The summed E-state index contributed by atoms with van der Waals surface area (Å²) in [5.74, 6) is -0.346. The van der Waals surface area contributed by atoms with Crippen LogP contribution in [0.5, 0.6) is 0 Å². The summed E-state index contributed by atoms with van der Waals surface area (Å²) in [6, 6.07) is 5.35. The summed E-state index contributed by atoms with van der Waals surface area (Å²) in [5, 5.41) is 3.24. The Balaban J connectivity index is 1.52. The van der Waals surface area contributed by atoms with Crippen LogP contribution in [0.15, 0.2) is 27.4 Å². The minimum Gasteiger partial charge on any atom is -0.408 e. The van der Waals surface area contributed by atoms with Crippen molar-refractivity contribution in [2.24, 2.45) is 0 Å². The fourth-order valence-corrected chi connectivity index (χ4v) is 3.89. The third-order valence-corrected chi connectivity index (χ3v) is 5.41. The lowest BCUT2D eigenvalue weighted by Gasteiger charge is -2.27. The molecule has 140 valence electrons. The number of rotatable bonds is 4. The summed E-state index contributed by atoms with van der Waals surface area (Å²) in [4.78, 5) is 29.1. The quantitative estimate of drug-likeness (QED) is 0.887. The Morgan fingerprint density at radius 2 is 1.81 bits per heavy atom. The molecule has 1 amide bonds. The highest BCUT2D eigenvalue weighted by atomic mass is 16.4. The fraction of sp³-hybridized carbons (Fsp3) is 0.579. The van der Waals surface area contributed by atoms with Crippen LogP contribution < -0.4 is 11.1 Å². The number of piperidine rings is 1. The second kappa shape index (κ2) is 7.63. The summed E-state index contributed by atoms with van der Waals surface area (Å²) < 4.78 is 7.11. The third-order valence-electron chi connectivity index (χ3n) is 5.41. The zero-order valence-corrected chi connectivity index (χ0v) is 15.1. The van der Waals surface area contributed by atoms with E-state index in [4.69, 9.17) is 4.42 Å². The van der Waals surface area contributed by atoms with Crippen LogP contribution in [0.4, 0.5) is 0 Å². The maximum absolute atomic E-state index is 12.6. The number of likely N-dealkylation sites (tertiary alicyclic amines) is 1. The molecule has 0 atom stereocenters. The maximum atomic E-state index is 12.6. The highest BCUT2D eigenvalue weighted by Crippen LogP contribution is 2.17. The Hall–Kier alpha value is -2.12. The number of nitrogens with zero attached hydrogens (tertiary/aromatic N) is 3. The Morgan fingerprint density at radius 3 is 2.58 bits per heavy atom. The van der Waals surface area contributed by atoms with Crippen LogP contribution in [-0.4, -0.2) is 66.1 Å². The molecule has 0 aliphatic carbocycles. The van der Waals surface area contributed by atoms with Crippen LogP contribution in [0, 0.1) is 0 Å². The van der Waals surface area contributed by atoms with Gasteiger partial charge in [0.1, 0.15) is 0 Å². The van der Waals surface area contributed by atoms with E-state index in [0.29, 0.717) is 30.8 Å². The number of amides is 1. The molecular formula is C19H26N4O3. The number of hydrogen-bond acceptors (Lipinski definition) is 5. The van der Waals surface area contributed by atoms with Crippen molar-refractivity contribution < 1.29 is 9.21 Å². The van der Waals surface area contributed by atoms with E-state index in [-0.39, 0.29) is 11.7 Å². The number of piperazine rings is 1. The molecule has 1 aromatic heterocycles. The van der Waals surface area contributed by atoms with E-state index < -0.39 is 0 Å². The number of oxazole rings is 1. The van der Waals surface area contributed by atoms with Gasteiger partial charge in [-0.15, -0.1) is 0 Å². The standard InChI is InChI=1S/C19H26N4O3/c24-18(22-10-6-20-7-11-22)15-4-5-16-17(14-15)26-19(25)23(16)13-12-21-8-2-1-3-9-21/h4-5,14,20H,1-3,6-13H2. The van der Waals surface area contributed by atoms with Gasteiger partial charge in [-0.1, -0.05) is 6.42 Å². The molecule has 7 heteroatoms. The summed E-state index contributed by atoms with van der Waals surface area (Å²) in [7, 11) is 0. The van der Waals surface area contributed by atoms with E-state index in [1.54, 1.807) is 16.7 Å². The van der Waals surface area contributed by atoms with Gasteiger partial charge in [0.15, 0.2) is 5.58 Å². The molecule has 2 aliphatic heterocycles. The van der Waals surface area contributed by atoms with E-state index in [1.165, 1.54) is 19.3 Å². The molecule has 2 aliphatic rings. The van der Waals surface area contributed by atoms with Gasteiger partial charge >= 0.3 is 5.76 Å².